The van der Waals surface area contributed by atoms with Gasteiger partial charge in [-0.25, -0.2) is 4.39 Å². The highest BCUT2D eigenvalue weighted by molar-refractivity contribution is 5.97. The summed E-state index contributed by atoms with van der Waals surface area (Å²) in [6, 6.07) is 10.6. The number of hydrogen-bond donors (Lipinski definition) is 2. The maximum atomic E-state index is 13.0. The molecule has 1 amide bonds. The number of aromatic hydroxyl groups is 1. The average Bonchev–Trinajstić information content (AvgIpc) is 3.39. The molecule has 1 atom stereocenters. The van der Waals surface area contributed by atoms with Crippen molar-refractivity contribution in [2.45, 2.75) is 31.9 Å². The van der Waals surface area contributed by atoms with E-state index >= 15 is 0 Å². The SMILES string of the molecule is Cc1ccc(O)c(C(=O)N(CC(O)c2ccc(F)cc2)C2CC2)c1. The number of phenols is 1. The number of aliphatic hydroxyl groups is 1. The second-order valence-corrected chi connectivity index (χ2v) is 6.28. The fraction of sp³-hybridized carbons (Fsp3) is 0.316. The number of aliphatic hydroxyl groups excluding tert-OH is 1. The van der Waals surface area contributed by atoms with Crippen molar-refractivity contribution in [1.29, 1.82) is 0 Å². The van der Waals surface area contributed by atoms with E-state index in [0.29, 0.717) is 5.56 Å². The molecule has 1 aliphatic rings. The first-order chi connectivity index (χ1) is 11.5. The quantitative estimate of drug-likeness (QED) is 0.886. The molecule has 0 radical (unpaired) electrons. The fourth-order valence-electron chi connectivity index (χ4n) is 2.74. The van der Waals surface area contributed by atoms with Crippen LogP contribution in [0.15, 0.2) is 42.5 Å². The monoisotopic (exact) mass is 329 g/mol. The third kappa shape index (κ3) is 3.57. The van der Waals surface area contributed by atoms with Gasteiger partial charge in [0.1, 0.15) is 11.6 Å². The van der Waals surface area contributed by atoms with Crippen LogP contribution in [-0.4, -0.2) is 33.6 Å². The maximum absolute atomic E-state index is 13.0. The molecule has 2 N–H and O–H groups in total. The van der Waals surface area contributed by atoms with Crippen molar-refractivity contribution in [1.82, 2.24) is 4.90 Å². The molecular weight excluding hydrogens is 309 g/mol. The molecule has 0 aromatic heterocycles. The molecular formula is C19H20FNO3. The zero-order valence-electron chi connectivity index (χ0n) is 13.4. The standard InChI is InChI=1S/C19H20FNO3/c1-12-2-9-17(22)16(10-12)19(24)21(15-7-8-15)11-18(23)13-3-5-14(20)6-4-13/h2-6,9-10,15,18,22-23H,7-8,11H2,1H3. The van der Waals surface area contributed by atoms with Crippen LogP contribution in [0, 0.1) is 12.7 Å². The third-order valence-electron chi connectivity index (χ3n) is 4.26. The Morgan fingerprint density at radius 2 is 1.92 bits per heavy atom. The van der Waals surface area contributed by atoms with E-state index in [0.717, 1.165) is 18.4 Å². The van der Waals surface area contributed by atoms with Crippen molar-refractivity contribution >= 4 is 5.91 Å². The van der Waals surface area contributed by atoms with E-state index in [1.165, 1.54) is 30.3 Å². The topological polar surface area (TPSA) is 60.8 Å². The molecule has 2 aromatic carbocycles. The molecule has 3 rings (SSSR count). The molecule has 0 bridgehead atoms. The van der Waals surface area contributed by atoms with Crippen LogP contribution >= 0.6 is 0 Å². The molecule has 0 aliphatic heterocycles. The molecule has 1 fully saturated rings. The van der Waals surface area contributed by atoms with Gasteiger partial charge in [0.25, 0.3) is 5.91 Å². The molecule has 5 heteroatoms. The molecule has 1 unspecified atom stereocenters. The summed E-state index contributed by atoms with van der Waals surface area (Å²) in [6.45, 7) is 1.97. The second-order valence-electron chi connectivity index (χ2n) is 6.28. The summed E-state index contributed by atoms with van der Waals surface area (Å²) in [5.41, 5.74) is 1.68. The summed E-state index contributed by atoms with van der Waals surface area (Å²) < 4.78 is 13.0. The Bertz CT molecular complexity index is 741. The Morgan fingerprint density at radius 1 is 1.25 bits per heavy atom. The van der Waals surface area contributed by atoms with Gasteiger partial charge in [0.05, 0.1) is 18.2 Å². The van der Waals surface area contributed by atoms with Crippen LogP contribution < -0.4 is 0 Å². The van der Waals surface area contributed by atoms with Crippen molar-refractivity contribution in [2.24, 2.45) is 0 Å². The lowest BCUT2D eigenvalue weighted by Crippen LogP contribution is -2.36. The predicted molar refractivity (Wildman–Crippen MR) is 88.3 cm³/mol. The van der Waals surface area contributed by atoms with E-state index in [2.05, 4.69) is 0 Å². The van der Waals surface area contributed by atoms with Crippen molar-refractivity contribution in [3.63, 3.8) is 0 Å². The van der Waals surface area contributed by atoms with Gasteiger partial charge >= 0.3 is 0 Å². The maximum Gasteiger partial charge on any atom is 0.257 e. The smallest absolute Gasteiger partial charge is 0.257 e. The number of rotatable bonds is 5. The Labute approximate surface area is 140 Å². The highest BCUT2D eigenvalue weighted by Crippen LogP contribution is 2.32. The van der Waals surface area contributed by atoms with E-state index in [-0.39, 0.29) is 35.6 Å². The molecule has 4 nitrogen and oxygen atoms in total. The van der Waals surface area contributed by atoms with Crippen molar-refractivity contribution in [2.75, 3.05) is 6.54 Å². The number of amides is 1. The lowest BCUT2D eigenvalue weighted by atomic mass is 10.1. The summed E-state index contributed by atoms with van der Waals surface area (Å²) >= 11 is 0. The van der Waals surface area contributed by atoms with E-state index in [1.807, 2.05) is 6.92 Å². The van der Waals surface area contributed by atoms with Gasteiger partial charge in [-0.05, 0) is 49.6 Å². The Kier molecular flexibility index (Phi) is 4.53. The zero-order valence-corrected chi connectivity index (χ0v) is 13.4. The van der Waals surface area contributed by atoms with E-state index in [9.17, 15) is 19.4 Å². The first-order valence-corrected chi connectivity index (χ1v) is 8.00. The molecule has 24 heavy (non-hydrogen) atoms. The molecule has 1 aliphatic carbocycles. The normalized spacial score (nSPS) is 15.1. The van der Waals surface area contributed by atoms with Crippen LogP contribution in [0.4, 0.5) is 4.39 Å². The lowest BCUT2D eigenvalue weighted by Gasteiger charge is -2.26. The van der Waals surface area contributed by atoms with Gasteiger partial charge in [0.15, 0.2) is 0 Å². The number of halogens is 1. The van der Waals surface area contributed by atoms with Crippen LogP contribution in [-0.2, 0) is 0 Å². The first kappa shape index (κ1) is 16.5. The van der Waals surface area contributed by atoms with E-state index in [4.69, 9.17) is 0 Å². The highest BCUT2D eigenvalue weighted by Gasteiger charge is 2.35. The van der Waals surface area contributed by atoms with Crippen LogP contribution in [0.3, 0.4) is 0 Å². The second kappa shape index (κ2) is 6.61. The molecule has 126 valence electrons. The summed E-state index contributed by atoms with van der Waals surface area (Å²) in [5.74, 6) is -0.724. The number of benzene rings is 2. The van der Waals surface area contributed by atoms with Gasteiger partial charge in [-0.2, -0.15) is 0 Å². The number of carbonyl (C=O) groups excluding carboxylic acids is 1. The van der Waals surface area contributed by atoms with Gasteiger partial charge in [0.2, 0.25) is 0 Å². The zero-order chi connectivity index (χ0) is 17.3. The number of carbonyl (C=O) groups is 1. The van der Waals surface area contributed by atoms with Gasteiger partial charge < -0.3 is 15.1 Å². The fourth-order valence-corrected chi connectivity index (χ4v) is 2.74. The minimum absolute atomic E-state index is 0.0625. The van der Waals surface area contributed by atoms with Crippen molar-refractivity contribution in [3.05, 3.63) is 65.0 Å². The Hall–Kier alpha value is -2.40. The lowest BCUT2D eigenvalue weighted by molar-refractivity contribution is 0.0600. The summed E-state index contributed by atoms with van der Waals surface area (Å²) in [7, 11) is 0. The van der Waals surface area contributed by atoms with Gasteiger partial charge in [-0.1, -0.05) is 23.8 Å². The van der Waals surface area contributed by atoms with Crippen LogP contribution in [0.1, 0.15) is 40.4 Å². The van der Waals surface area contributed by atoms with Crippen LogP contribution in [0.2, 0.25) is 0 Å². The minimum Gasteiger partial charge on any atom is -0.507 e. The summed E-state index contributed by atoms with van der Waals surface area (Å²) in [6.07, 6.45) is 0.866. The molecule has 0 spiro atoms. The largest absolute Gasteiger partial charge is 0.507 e. The van der Waals surface area contributed by atoms with E-state index in [1.54, 1.807) is 17.0 Å². The van der Waals surface area contributed by atoms with Gasteiger partial charge in [0, 0.05) is 6.04 Å². The van der Waals surface area contributed by atoms with Crippen LogP contribution in [0.5, 0.6) is 5.75 Å². The van der Waals surface area contributed by atoms with Crippen LogP contribution in [0.25, 0.3) is 0 Å². The number of hydrogen-bond acceptors (Lipinski definition) is 3. The number of phenolic OH excluding ortho intramolecular Hbond substituents is 1. The summed E-state index contributed by atoms with van der Waals surface area (Å²) in [4.78, 5) is 14.4. The number of nitrogens with zero attached hydrogens (tertiary/aromatic N) is 1. The summed E-state index contributed by atoms with van der Waals surface area (Å²) in [5, 5.41) is 20.4. The molecule has 0 heterocycles. The molecule has 1 saturated carbocycles. The van der Waals surface area contributed by atoms with Gasteiger partial charge in [-0.3, -0.25) is 4.79 Å². The first-order valence-electron chi connectivity index (χ1n) is 8.00. The molecule has 0 saturated heterocycles. The highest BCUT2D eigenvalue weighted by atomic mass is 19.1. The third-order valence-corrected chi connectivity index (χ3v) is 4.26. The molecule has 2 aromatic rings. The van der Waals surface area contributed by atoms with Gasteiger partial charge in [-0.15, -0.1) is 0 Å². The minimum atomic E-state index is -0.901. The Balaban J connectivity index is 1.81. The predicted octanol–water partition coefficient (Wildman–Crippen LogP) is 3.18. The number of aryl methyl sites for hydroxylation is 1. The van der Waals surface area contributed by atoms with Crippen molar-refractivity contribution < 1.29 is 19.4 Å². The Morgan fingerprint density at radius 3 is 2.54 bits per heavy atom. The average molecular weight is 329 g/mol. The van der Waals surface area contributed by atoms with Crippen molar-refractivity contribution in [3.8, 4) is 5.75 Å². The van der Waals surface area contributed by atoms with E-state index < -0.39 is 6.10 Å².